The van der Waals surface area contributed by atoms with E-state index in [9.17, 15) is 9.18 Å². The van der Waals surface area contributed by atoms with E-state index in [2.05, 4.69) is 4.90 Å². The molecule has 0 radical (unpaired) electrons. The highest BCUT2D eigenvalue weighted by atomic mass is 19.1. The molecule has 0 unspecified atom stereocenters. The van der Waals surface area contributed by atoms with Crippen LogP contribution in [0.4, 0.5) is 4.39 Å². The SMILES string of the molecule is COc1ccc(OCc2ccc(C(=O)N3CCN(Cc4ccc(F)cc4)CC3)o2)cc1. The van der Waals surface area contributed by atoms with E-state index < -0.39 is 0 Å². The van der Waals surface area contributed by atoms with Gasteiger partial charge < -0.3 is 18.8 Å². The third-order valence-electron chi connectivity index (χ3n) is 5.29. The zero-order chi connectivity index (χ0) is 21.6. The average Bonchev–Trinajstić information content (AvgIpc) is 3.29. The van der Waals surface area contributed by atoms with E-state index in [1.54, 1.807) is 36.3 Å². The van der Waals surface area contributed by atoms with Gasteiger partial charge in [-0.2, -0.15) is 0 Å². The quantitative estimate of drug-likeness (QED) is 0.575. The number of carbonyl (C=O) groups is 1. The Balaban J connectivity index is 1.26. The van der Waals surface area contributed by atoms with Crippen LogP contribution in [0.1, 0.15) is 21.9 Å². The largest absolute Gasteiger partial charge is 0.497 e. The van der Waals surface area contributed by atoms with E-state index in [4.69, 9.17) is 13.9 Å². The van der Waals surface area contributed by atoms with Gasteiger partial charge in [0, 0.05) is 32.7 Å². The van der Waals surface area contributed by atoms with Gasteiger partial charge in [-0.25, -0.2) is 4.39 Å². The summed E-state index contributed by atoms with van der Waals surface area (Å²) in [6.45, 7) is 3.76. The summed E-state index contributed by atoms with van der Waals surface area (Å²) in [7, 11) is 1.61. The van der Waals surface area contributed by atoms with Crippen LogP contribution in [0.2, 0.25) is 0 Å². The minimum atomic E-state index is -0.230. The van der Waals surface area contributed by atoms with Gasteiger partial charge in [-0.3, -0.25) is 9.69 Å². The Morgan fingerprint density at radius 1 is 0.935 bits per heavy atom. The Bertz CT molecular complexity index is 993. The van der Waals surface area contributed by atoms with Gasteiger partial charge in [0.05, 0.1) is 7.11 Å². The number of nitrogens with zero attached hydrogens (tertiary/aromatic N) is 2. The maximum absolute atomic E-state index is 13.1. The van der Waals surface area contributed by atoms with Crippen molar-refractivity contribution in [1.29, 1.82) is 0 Å². The van der Waals surface area contributed by atoms with Gasteiger partial charge in [0.2, 0.25) is 0 Å². The standard InChI is InChI=1S/C24H25FN2O4/c1-29-20-6-8-21(9-7-20)30-17-22-10-11-23(31-22)24(28)27-14-12-26(13-15-27)16-18-2-4-19(25)5-3-18/h2-11H,12-17H2,1H3. The van der Waals surface area contributed by atoms with Crippen LogP contribution in [0.25, 0.3) is 0 Å². The van der Waals surface area contributed by atoms with Crippen LogP contribution < -0.4 is 9.47 Å². The van der Waals surface area contributed by atoms with Crippen LogP contribution >= 0.6 is 0 Å². The topological polar surface area (TPSA) is 55.2 Å². The maximum Gasteiger partial charge on any atom is 0.289 e. The molecule has 1 aliphatic heterocycles. The van der Waals surface area contributed by atoms with Crippen LogP contribution in [0, 0.1) is 5.82 Å². The van der Waals surface area contributed by atoms with Crippen molar-refractivity contribution >= 4 is 5.91 Å². The number of methoxy groups -OCH3 is 1. The van der Waals surface area contributed by atoms with Gasteiger partial charge >= 0.3 is 0 Å². The smallest absolute Gasteiger partial charge is 0.289 e. The third kappa shape index (κ3) is 5.44. The molecule has 0 saturated carbocycles. The highest BCUT2D eigenvalue weighted by Gasteiger charge is 2.24. The molecule has 6 nitrogen and oxygen atoms in total. The Morgan fingerprint density at radius 2 is 1.61 bits per heavy atom. The highest BCUT2D eigenvalue weighted by Crippen LogP contribution is 2.20. The summed E-state index contributed by atoms with van der Waals surface area (Å²) in [6, 6.07) is 17.3. The number of ether oxygens (including phenoxy) is 2. The van der Waals surface area contributed by atoms with Gasteiger partial charge in [-0.05, 0) is 54.1 Å². The number of piperazine rings is 1. The van der Waals surface area contributed by atoms with Gasteiger partial charge in [0.1, 0.15) is 29.7 Å². The van der Waals surface area contributed by atoms with Crippen molar-refractivity contribution in [1.82, 2.24) is 9.80 Å². The van der Waals surface area contributed by atoms with Crippen LogP contribution in [-0.4, -0.2) is 49.0 Å². The highest BCUT2D eigenvalue weighted by molar-refractivity contribution is 5.91. The first-order valence-corrected chi connectivity index (χ1v) is 10.2. The molecular formula is C24H25FN2O4. The lowest BCUT2D eigenvalue weighted by molar-refractivity contribution is 0.0594. The van der Waals surface area contributed by atoms with Crippen molar-refractivity contribution in [2.75, 3.05) is 33.3 Å². The molecule has 0 spiro atoms. The Morgan fingerprint density at radius 3 is 2.29 bits per heavy atom. The second-order valence-electron chi connectivity index (χ2n) is 7.42. The fraction of sp³-hybridized carbons (Fsp3) is 0.292. The minimum Gasteiger partial charge on any atom is -0.497 e. The first-order chi connectivity index (χ1) is 15.1. The summed E-state index contributed by atoms with van der Waals surface area (Å²) in [6.07, 6.45) is 0. The van der Waals surface area contributed by atoms with E-state index in [0.29, 0.717) is 30.4 Å². The summed E-state index contributed by atoms with van der Waals surface area (Å²) in [4.78, 5) is 16.8. The van der Waals surface area contributed by atoms with E-state index >= 15 is 0 Å². The van der Waals surface area contributed by atoms with Crippen LogP contribution in [0.3, 0.4) is 0 Å². The van der Waals surface area contributed by atoms with Gasteiger partial charge in [0.15, 0.2) is 5.76 Å². The first-order valence-electron chi connectivity index (χ1n) is 10.2. The predicted octanol–water partition coefficient (Wildman–Crippen LogP) is 3.96. The third-order valence-corrected chi connectivity index (χ3v) is 5.29. The number of amides is 1. The molecule has 1 amide bonds. The summed E-state index contributed by atoms with van der Waals surface area (Å²) < 4.78 is 29.6. The maximum atomic E-state index is 13.1. The summed E-state index contributed by atoms with van der Waals surface area (Å²) in [5.74, 6) is 2.02. The Kier molecular flexibility index (Phi) is 6.52. The summed E-state index contributed by atoms with van der Waals surface area (Å²) in [5.41, 5.74) is 1.06. The lowest BCUT2D eigenvalue weighted by atomic mass is 10.2. The van der Waals surface area contributed by atoms with E-state index in [1.165, 1.54) is 12.1 Å². The molecule has 0 aliphatic carbocycles. The number of hydrogen-bond acceptors (Lipinski definition) is 5. The molecule has 0 bridgehead atoms. The predicted molar refractivity (Wildman–Crippen MR) is 114 cm³/mol. The first kappa shape index (κ1) is 20.9. The van der Waals surface area contributed by atoms with E-state index in [1.807, 2.05) is 24.3 Å². The molecule has 7 heteroatoms. The molecule has 4 rings (SSSR count). The van der Waals surface area contributed by atoms with Gasteiger partial charge in [0.25, 0.3) is 5.91 Å². The van der Waals surface area contributed by atoms with Crippen molar-refractivity contribution in [3.8, 4) is 11.5 Å². The van der Waals surface area contributed by atoms with Crippen molar-refractivity contribution in [3.63, 3.8) is 0 Å². The fourth-order valence-electron chi connectivity index (χ4n) is 3.51. The average molecular weight is 424 g/mol. The second kappa shape index (κ2) is 9.66. The molecule has 1 aromatic heterocycles. The molecule has 31 heavy (non-hydrogen) atoms. The number of rotatable bonds is 7. The van der Waals surface area contributed by atoms with Crippen molar-refractivity contribution in [2.45, 2.75) is 13.2 Å². The molecule has 2 aromatic carbocycles. The zero-order valence-corrected chi connectivity index (χ0v) is 17.4. The number of hydrogen-bond donors (Lipinski definition) is 0. The second-order valence-corrected chi connectivity index (χ2v) is 7.42. The Hall–Kier alpha value is -3.32. The molecule has 1 aliphatic rings. The molecule has 3 aromatic rings. The number of benzene rings is 2. The molecule has 1 fully saturated rings. The van der Waals surface area contributed by atoms with E-state index in [-0.39, 0.29) is 18.3 Å². The lowest BCUT2D eigenvalue weighted by Crippen LogP contribution is -2.48. The molecule has 1 saturated heterocycles. The van der Waals surface area contributed by atoms with E-state index in [0.717, 1.165) is 30.9 Å². The molecule has 0 N–H and O–H groups in total. The van der Waals surface area contributed by atoms with Crippen molar-refractivity contribution < 1.29 is 23.1 Å². The molecule has 0 atom stereocenters. The van der Waals surface area contributed by atoms with Gasteiger partial charge in [-0.1, -0.05) is 12.1 Å². The molecule has 2 heterocycles. The molecule has 162 valence electrons. The van der Waals surface area contributed by atoms with Crippen LogP contribution in [0.5, 0.6) is 11.5 Å². The minimum absolute atomic E-state index is 0.114. The van der Waals surface area contributed by atoms with Gasteiger partial charge in [-0.15, -0.1) is 0 Å². The summed E-state index contributed by atoms with van der Waals surface area (Å²) in [5, 5.41) is 0. The van der Waals surface area contributed by atoms with Crippen molar-refractivity contribution in [2.24, 2.45) is 0 Å². The van der Waals surface area contributed by atoms with Crippen molar-refractivity contribution in [3.05, 3.63) is 83.6 Å². The molecular weight excluding hydrogens is 399 g/mol. The normalized spacial score (nSPS) is 14.5. The monoisotopic (exact) mass is 424 g/mol. The van der Waals surface area contributed by atoms with Crippen LogP contribution in [0.15, 0.2) is 65.1 Å². The number of furan rings is 1. The summed E-state index contributed by atoms with van der Waals surface area (Å²) >= 11 is 0. The fourth-order valence-corrected chi connectivity index (χ4v) is 3.51. The number of halogens is 1. The lowest BCUT2D eigenvalue weighted by Gasteiger charge is -2.34. The Labute approximate surface area is 180 Å². The number of carbonyl (C=O) groups excluding carboxylic acids is 1. The van der Waals surface area contributed by atoms with Crippen LogP contribution in [-0.2, 0) is 13.2 Å². The zero-order valence-electron chi connectivity index (χ0n) is 17.4.